The van der Waals surface area contributed by atoms with Gasteiger partial charge in [-0.25, -0.2) is 0 Å². The maximum absolute atomic E-state index is 11.5. The first kappa shape index (κ1) is 12.1. The summed E-state index contributed by atoms with van der Waals surface area (Å²) < 4.78 is 5.43. The second kappa shape index (κ2) is 5.80. The zero-order valence-electron chi connectivity index (χ0n) is 9.32. The number of nitrogens with two attached hydrogens (primary N) is 1. The molecule has 86 valence electrons. The van der Waals surface area contributed by atoms with Crippen LogP contribution in [-0.4, -0.2) is 19.6 Å². The van der Waals surface area contributed by atoms with Crippen LogP contribution in [0.4, 0.5) is 5.69 Å². The molecule has 0 spiro atoms. The predicted molar refractivity (Wildman–Crippen MR) is 64.6 cm³/mol. The SMILES string of the molecule is C=CCCOc1ccc(N)c(C(=O)NC)c1. The normalized spacial score (nSPS) is 9.56. The Balaban J connectivity index is 2.81. The van der Waals surface area contributed by atoms with E-state index in [1.165, 1.54) is 0 Å². The number of hydrogen-bond donors (Lipinski definition) is 2. The Morgan fingerprint density at radius 3 is 3.00 bits per heavy atom. The monoisotopic (exact) mass is 220 g/mol. The number of anilines is 1. The van der Waals surface area contributed by atoms with Crippen LogP contribution in [0.5, 0.6) is 5.75 Å². The molecule has 4 heteroatoms. The highest BCUT2D eigenvalue weighted by Crippen LogP contribution is 2.19. The topological polar surface area (TPSA) is 64.3 Å². The van der Waals surface area contributed by atoms with E-state index in [0.29, 0.717) is 23.6 Å². The smallest absolute Gasteiger partial charge is 0.253 e. The van der Waals surface area contributed by atoms with E-state index in [2.05, 4.69) is 11.9 Å². The van der Waals surface area contributed by atoms with Gasteiger partial charge in [0.25, 0.3) is 5.91 Å². The molecule has 1 aromatic carbocycles. The number of amides is 1. The average molecular weight is 220 g/mol. The number of carbonyl (C=O) groups excluding carboxylic acids is 1. The molecule has 0 aliphatic heterocycles. The zero-order valence-corrected chi connectivity index (χ0v) is 9.32. The van der Waals surface area contributed by atoms with E-state index in [-0.39, 0.29) is 5.91 Å². The van der Waals surface area contributed by atoms with E-state index < -0.39 is 0 Å². The lowest BCUT2D eigenvalue weighted by Gasteiger charge is -2.08. The van der Waals surface area contributed by atoms with Gasteiger partial charge in [0.2, 0.25) is 0 Å². The minimum atomic E-state index is -0.216. The molecule has 0 fully saturated rings. The molecular weight excluding hydrogens is 204 g/mol. The lowest BCUT2D eigenvalue weighted by Crippen LogP contribution is -2.19. The largest absolute Gasteiger partial charge is 0.493 e. The number of rotatable bonds is 5. The van der Waals surface area contributed by atoms with E-state index in [9.17, 15) is 4.79 Å². The summed E-state index contributed by atoms with van der Waals surface area (Å²) in [7, 11) is 1.56. The molecule has 0 bridgehead atoms. The van der Waals surface area contributed by atoms with Crippen molar-refractivity contribution in [1.29, 1.82) is 0 Å². The van der Waals surface area contributed by atoms with Crippen LogP contribution in [0.2, 0.25) is 0 Å². The van der Waals surface area contributed by atoms with Crippen molar-refractivity contribution in [2.75, 3.05) is 19.4 Å². The van der Waals surface area contributed by atoms with Gasteiger partial charge in [-0.05, 0) is 24.6 Å². The first-order valence-corrected chi connectivity index (χ1v) is 5.04. The lowest BCUT2D eigenvalue weighted by atomic mass is 10.1. The summed E-state index contributed by atoms with van der Waals surface area (Å²) in [4.78, 5) is 11.5. The number of benzene rings is 1. The number of carbonyl (C=O) groups is 1. The van der Waals surface area contributed by atoms with Gasteiger partial charge in [0.1, 0.15) is 5.75 Å². The first-order chi connectivity index (χ1) is 7.69. The molecule has 0 aromatic heterocycles. The van der Waals surface area contributed by atoms with E-state index in [4.69, 9.17) is 10.5 Å². The predicted octanol–water partition coefficient (Wildman–Crippen LogP) is 1.58. The molecule has 0 heterocycles. The molecule has 4 nitrogen and oxygen atoms in total. The molecule has 0 radical (unpaired) electrons. The number of hydrogen-bond acceptors (Lipinski definition) is 3. The Morgan fingerprint density at radius 2 is 2.38 bits per heavy atom. The molecule has 1 aromatic rings. The van der Waals surface area contributed by atoms with Crippen LogP contribution in [0.15, 0.2) is 30.9 Å². The Kier molecular flexibility index (Phi) is 4.39. The second-order valence-corrected chi connectivity index (χ2v) is 3.25. The van der Waals surface area contributed by atoms with Gasteiger partial charge in [0.15, 0.2) is 0 Å². The van der Waals surface area contributed by atoms with Crippen molar-refractivity contribution in [3.8, 4) is 5.75 Å². The molecule has 1 amide bonds. The van der Waals surface area contributed by atoms with E-state index in [1.54, 1.807) is 31.3 Å². The van der Waals surface area contributed by atoms with Crippen molar-refractivity contribution >= 4 is 11.6 Å². The van der Waals surface area contributed by atoms with E-state index >= 15 is 0 Å². The number of nitrogen functional groups attached to an aromatic ring is 1. The molecule has 0 aliphatic carbocycles. The highest BCUT2D eigenvalue weighted by molar-refractivity contribution is 5.99. The van der Waals surface area contributed by atoms with Gasteiger partial charge >= 0.3 is 0 Å². The summed E-state index contributed by atoms with van der Waals surface area (Å²) in [5.74, 6) is 0.418. The molecule has 0 saturated carbocycles. The van der Waals surface area contributed by atoms with Gasteiger partial charge in [-0.15, -0.1) is 6.58 Å². The highest BCUT2D eigenvalue weighted by atomic mass is 16.5. The van der Waals surface area contributed by atoms with Crippen LogP contribution in [-0.2, 0) is 0 Å². The van der Waals surface area contributed by atoms with Gasteiger partial charge in [0.05, 0.1) is 12.2 Å². The van der Waals surface area contributed by atoms with Gasteiger partial charge in [-0.1, -0.05) is 6.08 Å². The summed E-state index contributed by atoms with van der Waals surface area (Å²) in [6.45, 7) is 4.14. The Labute approximate surface area is 95.1 Å². The van der Waals surface area contributed by atoms with Crippen LogP contribution >= 0.6 is 0 Å². The molecule has 3 N–H and O–H groups in total. The molecular formula is C12H16N2O2. The number of ether oxygens (including phenoxy) is 1. The third-order valence-corrected chi connectivity index (χ3v) is 2.09. The minimum absolute atomic E-state index is 0.216. The fourth-order valence-corrected chi connectivity index (χ4v) is 1.22. The molecule has 0 aliphatic rings. The van der Waals surface area contributed by atoms with E-state index in [1.807, 2.05) is 0 Å². The van der Waals surface area contributed by atoms with Crippen LogP contribution in [0.3, 0.4) is 0 Å². The number of nitrogens with one attached hydrogen (secondary N) is 1. The van der Waals surface area contributed by atoms with Crippen LogP contribution in [0, 0.1) is 0 Å². The summed E-state index contributed by atoms with van der Waals surface area (Å²) in [5, 5.41) is 2.53. The summed E-state index contributed by atoms with van der Waals surface area (Å²) in [6.07, 6.45) is 2.54. The first-order valence-electron chi connectivity index (χ1n) is 5.04. The Morgan fingerprint density at radius 1 is 1.62 bits per heavy atom. The second-order valence-electron chi connectivity index (χ2n) is 3.25. The van der Waals surface area contributed by atoms with Gasteiger partial charge in [-0.2, -0.15) is 0 Å². The maximum Gasteiger partial charge on any atom is 0.253 e. The van der Waals surface area contributed by atoms with Crippen molar-refractivity contribution in [3.63, 3.8) is 0 Å². The summed E-state index contributed by atoms with van der Waals surface area (Å²) in [6, 6.07) is 5.04. The van der Waals surface area contributed by atoms with Crippen molar-refractivity contribution in [2.24, 2.45) is 0 Å². The van der Waals surface area contributed by atoms with Crippen molar-refractivity contribution in [2.45, 2.75) is 6.42 Å². The Hall–Kier alpha value is -1.97. The zero-order chi connectivity index (χ0) is 12.0. The van der Waals surface area contributed by atoms with Crippen molar-refractivity contribution in [3.05, 3.63) is 36.4 Å². The molecule has 0 unspecified atom stereocenters. The van der Waals surface area contributed by atoms with Crippen molar-refractivity contribution in [1.82, 2.24) is 5.32 Å². The van der Waals surface area contributed by atoms with Gasteiger partial charge in [-0.3, -0.25) is 4.79 Å². The third kappa shape index (κ3) is 3.02. The third-order valence-electron chi connectivity index (χ3n) is 2.09. The van der Waals surface area contributed by atoms with Gasteiger partial charge in [0, 0.05) is 12.7 Å². The quantitative estimate of drug-likeness (QED) is 0.450. The fourth-order valence-electron chi connectivity index (χ4n) is 1.22. The van der Waals surface area contributed by atoms with Crippen LogP contribution < -0.4 is 15.8 Å². The van der Waals surface area contributed by atoms with Crippen LogP contribution in [0.25, 0.3) is 0 Å². The Bertz CT molecular complexity index is 389. The van der Waals surface area contributed by atoms with Crippen molar-refractivity contribution < 1.29 is 9.53 Å². The minimum Gasteiger partial charge on any atom is -0.493 e. The molecule has 0 saturated heterocycles. The summed E-state index contributed by atoms with van der Waals surface area (Å²) >= 11 is 0. The molecule has 1 rings (SSSR count). The average Bonchev–Trinajstić information content (AvgIpc) is 2.30. The van der Waals surface area contributed by atoms with E-state index in [0.717, 1.165) is 6.42 Å². The molecule has 16 heavy (non-hydrogen) atoms. The standard InChI is InChI=1S/C12H16N2O2/c1-3-4-7-16-9-5-6-11(13)10(8-9)12(15)14-2/h3,5-6,8H,1,4,7,13H2,2H3,(H,14,15). The fraction of sp³-hybridized carbons (Fsp3) is 0.250. The highest BCUT2D eigenvalue weighted by Gasteiger charge is 2.08. The molecule has 0 atom stereocenters. The van der Waals surface area contributed by atoms with Crippen LogP contribution in [0.1, 0.15) is 16.8 Å². The summed E-state index contributed by atoms with van der Waals surface area (Å²) in [5.41, 5.74) is 6.56. The maximum atomic E-state index is 11.5. The lowest BCUT2D eigenvalue weighted by molar-refractivity contribution is 0.0963. The van der Waals surface area contributed by atoms with Gasteiger partial charge < -0.3 is 15.8 Å².